The van der Waals surface area contributed by atoms with Crippen molar-refractivity contribution in [2.45, 2.75) is 6.92 Å². The zero-order chi connectivity index (χ0) is 18.5. The summed E-state index contributed by atoms with van der Waals surface area (Å²) in [7, 11) is 0. The number of carbonyl (C=O) groups excluding carboxylic acids is 1. The highest BCUT2D eigenvalue weighted by Gasteiger charge is 2.22. The molecule has 1 aliphatic rings. The lowest BCUT2D eigenvalue weighted by Crippen LogP contribution is -2.18. The van der Waals surface area contributed by atoms with Gasteiger partial charge in [-0.15, -0.1) is 0 Å². The van der Waals surface area contributed by atoms with E-state index in [-0.39, 0.29) is 11.1 Å². The standard InChI is InChI=1S/C19H17ClN2O3S/c1-12-9-15(5-6-16(12)20)25-8-7-24-14-4-2-3-13(10-14)11-17-18(23)22-19(21)26-17/h2-6,9-11H,7-8H2,1H3,(H2,21,22,23)/b17-11-. The van der Waals surface area contributed by atoms with E-state index in [4.69, 9.17) is 26.5 Å². The molecule has 1 saturated heterocycles. The van der Waals surface area contributed by atoms with E-state index < -0.39 is 0 Å². The molecule has 0 bridgehead atoms. The Kier molecular flexibility index (Phi) is 5.85. The zero-order valence-corrected chi connectivity index (χ0v) is 15.6. The average Bonchev–Trinajstić information content (AvgIpc) is 2.92. The lowest BCUT2D eigenvalue weighted by atomic mass is 10.2. The first-order valence-electron chi connectivity index (χ1n) is 7.92. The number of amides is 1. The number of aryl methyl sites for hydroxylation is 1. The van der Waals surface area contributed by atoms with Gasteiger partial charge in [-0.3, -0.25) is 10.2 Å². The number of benzene rings is 2. The Labute approximate surface area is 160 Å². The third-order valence-corrected chi connectivity index (χ3v) is 4.82. The van der Waals surface area contributed by atoms with E-state index in [1.54, 1.807) is 12.1 Å². The fraction of sp³-hybridized carbons (Fsp3) is 0.158. The van der Waals surface area contributed by atoms with E-state index in [1.165, 1.54) is 0 Å². The maximum absolute atomic E-state index is 11.7. The van der Waals surface area contributed by atoms with Gasteiger partial charge in [-0.1, -0.05) is 23.7 Å². The molecule has 1 amide bonds. The van der Waals surface area contributed by atoms with Gasteiger partial charge in [0.1, 0.15) is 24.7 Å². The summed E-state index contributed by atoms with van der Waals surface area (Å²) >= 11 is 7.10. The third kappa shape index (κ3) is 4.80. The lowest BCUT2D eigenvalue weighted by molar-refractivity contribution is -0.115. The Morgan fingerprint density at radius 2 is 1.88 bits per heavy atom. The largest absolute Gasteiger partial charge is 0.490 e. The van der Waals surface area contributed by atoms with Crippen LogP contribution in [0.15, 0.2) is 47.4 Å². The van der Waals surface area contributed by atoms with E-state index >= 15 is 0 Å². The molecule has 0 aromatic heterocycles. The molecule has 7 heteroatoms. The number of ether oxygens (including phenoxy) is 2. The molecule has 0 saturated carbocycles. The lowest BCUT2D eigenvalue weighted by Gasteiger charge is -2.10. The predicted molar refractivity (Wildman–Crippen MR) is 105 cm³/mol. The van der Waals surface area contributed by atoms with Gasteiger partial charge >= 0.3 is 0 Å². The summed E-state index contributed by atoms with van der Waals surface area (Å²) in [4.78, 5) is 12.2. The van der Waals surface area contributed by atoms with Gasteiger partial charge in [-0.2, -0.15) is 0 Å². The molecule has 0 atom stereocenters. The van der Waals surface area contributed by atoms with Crippen molar-refractivity contribution in [3.05, 3.63) is 63.5 Å². The summed E-state index contributed by atoms with van der Waals surface area (Å²) in [5.74, 6) is 1.19. The van der Waals surface area contributed by atoms with E-state index in [2.05, 4.69) is 5.32 Å². The van der Waals surface area contributed by atoms with Crippen LogP contribution in [0.4, 0.5) is 0 Å². The predicted octanol–water partition coefficient (Wildman–Crippen LogP) is 4.24. The zero-order valence-electron chi connectivity index (χ0n) is 14.0. The number of halogens is 1. The van der Waals surface area contributed by atoms with Gasteiger partial charge in [0.25, 0.3) is 5.91 Å². The van der Waals surface area contributed by atoms with E-state index in [1.807, 2.05) is 43.3 Å². The Balaban J connectivity index is 1.54. The van der Waals surface area contributed by atoms with Crippen LogP contribution in [0.25, 0.3) is 6.08 Å². The van der Waals surface area contributed by atoms with Gasteiger partial charge in [-0.05, 0) is 66.2 Å². The van der Waals surface area contributed by atoms with E-state index in [0.29, 0.717) is 28.9 Å². The van der Waals surface area contributed by atoms with Gasteiger partial charge in [0, 0.05) is 5.02 Å². The molecule has 0 unspecified atom stereocenters. The minimum absolute atomic E-state index is 0.142. The van der Waals surface area contributed by atoms with Crippen LogP contribution in [0.3, 0.4) is 0 Å². The number of hydrogen-bond acceptors (Lipinski definition) is 5. The molecular weight excluding hydrogens is 372 g/mol. The summed E-state index contributed by atoms with van der Waals surface area (Å²) in [6, 6.07) is 12.9. The van der Waals surface area contributed by atoms with Gasteiger partial charge in [-0.25, -0.2) is 0 Å². The van der Waals surface area contributed by atoms with E-state index in [0.717, 1.165) is 28.6 Å². The molecule has 1 fully saturated rings. The van der Waals surface area contributed by atoms with Gasteiger partial charge < -0.3 is 14.8 Å². The number of amidine groups is 1. The maximum atomic E-state index is 11.7. The summed E-state index contributed by atoms with van der Waals surface area (Å²) in [5.41, 5.74) is 1.80. The Morgan fingerprint density at radius 3 is 2.54 bits per heavy atom. The average molecular weight is 389 g/mol. The van der Waals surface area contributed by atoms with Crippen LogP contribution in [0.2, 0.25) is 5.02 Å². The van der Waals surface area contributed by atoms with Crippen molar-refractivity contribution in [1.29, 1.82) is 5.41 Å². The highest BCUT2D eigenvalue weighted by atomic mass is 35.5. The molecule has 2 aromatic carbocycles. The molecule has 2 N–H and O–H groups in total. The first-order valence-corrected chi connectivity index (χ1v) is 9.12. The molecule has 134 valence electrons. The second kappa shape index (κ2) is 8.29. The minimum atomic E-state index is -0.252. The topological polar surface area (TPSA) is 71.4 Å². The van der Waals surface area contributed by atoms with Crippen LogP contribution in [-0.2, 0) is 4.79 Å². The highest BCUT2D eigenvalue weighted by molar-refractivity contribution is 8.18. The first-order chi connectivity index (χ1) is 12.5. The third-order valence-electron chi connectivity index (χ3n) is 3.57. The van der Waals surface area contributed by atoms with Gasteiger partial charge in [0.05, 0.1) is 4.91 Å². The molecule has 1 heterocycles. The van der Waals surface area contributed by atoms with Gasteiger partial charge in [0.2, 0.25) is 0 Å². The quantitative estimate of drug-likeness (QED) is 0.573. The van der Waals surface area contributed by atoms with Crippen LogP contribution in [0.1, 0.15) is 11.1 Å². The molecule has 2 aromatic rings. The van der Waals surface area contributed by atoms with E-state index in [9.17, 15) is 4.79 Å². The molecule has 3 rings (SSSR count). The van der Waals surface area contributed by atoms with Crippen LogP contribution < -0.4 is 14.8 Å². The van der Waals surface area contributed by atoms with Crippen molar-refractivity contribution >= 4 is 40.5 Å². The molecule has 5 nitrogen and oxygen atoms in total. The van der Waals surface area contributed by atoms with Crippen molar-refractivity contribution in [3.63, 3.8) is 0 Å². The van der Waals surface area contributed by atoms with Crippen LogP contribution in [0.5, 0.6) is 11.5 Å². The van der Waals surface area contributed by atoms with Crippen LogP contribution in [-0.4, -0.2) is 24.3 Å². The summed E-state index contributed by atoms with van der Waals surface area (Å²) in [5, 5.41) is 10.8. The Morgan fingerprint density at radius 1 is 1.15 bits per heavy atom. The second-order valence-corrected chi connectivity index (χ2v) is 7.03. The molecular formula is C19H17ClN2O3S. The second-order valence-electron chi connectivity index (χ2n) is 5.57. The number of carbonyl (C=O) groups is 1. The van der Waals surface area contributed by atoms with Crippen molar-refractivity contribution in [2.24, 2.45) is 0 Å². The van der Waals surface area contributed by atoms with Crippen LogP contribution in [0, 0.1) is 12.3 Å². The van der Waals surface area contributed by atoms with Crippen molar-refractivity contribution in [2.75, 3.05) is 13.2 Å². The fourth-order valence-electron chi connectivity index (χ4n) is 2.31. The molecule has 26 heavy (non-hydrogen) atoms. The maximum Gasteiger partial charge on any atom is 0.264 e. The number of thioether (sulfide) groups is 1. The van der Waals surface area contributed by atoms with Crippen molar-refractivity contribution in [3.8, 4) is 11.5 Å². The molecule has 0 radical (unpaired) electrons. The minimum Gasteiger partial charge on any atom is -0.490 e. The normalized spacial score (nSPS) is 15.2. The van der Waals surface area contributed by atoms with Gasteiger partial charge in [0.15, 0.2) is 5.17 Å². The first kappa shape index (κ1) is 18.4. The molecule has 1 aliphatic heterocycles. The molecule has 0 spiro atoms. The fourth-order valence-corrected chi connectivity index (χ4v) is 3.13. The smallest absolute Gasteiger partial charge is 0.264 e. The number of rotatable bonds is 6. The molecule has 0 aliphatic carbocycles. The summed E-state index contributed by atoms with van der Waals surface area (Å²) < 4.78 is 11.4. The summed E-state index contributed by atoms with van der Waals surface area (Å²) in [6.45, 7) is 2.72. The monoisotopic (exact) mass is 388 g/mol. The number of nitrogens with one attached hydrogen (secondary N) is 2. The Bertz CT molecular complexity index is 883. The summed E-state index contributed by atoms with van der Waals surface area (Å²) in [6.07, 6.45) is 1.74. The highest BCUT2D eigenvalue weighted by Crippen LogP contribution is 2.26. The number of hydrogen-bond donors (Lipinski definition) is 2. The SMILES string of the molecule is Cc1cc(OCCOc2cccc(/C=C3\SC(=N)NC3=O)c2)ccc1Cl. The van der Waals surface area contributed by atoms with Crippen molar-refractivity contribution < 1.29 is 14.3 Å². The van der Waals surface area contributed by atoms with Crippen molar-refractivity contribution in [1.82, 2.24) is 5.32 Å². The Hall–Kier alpha value is -2.44. The van der Waals surface area contributed by atoms with Crippen LogP contribution >= 0.6 is 23.4 Å².